The van der Waals surface area contributed by atoms with Crippen LogP contribution in [0.25, 0.3) is 0 Å². The van der Waals surface area contributed by atoms with Gasteiger partial charge in [-0.15, -0.1) is 0 Å². The molecule has 15 heavy (non-hydrogen) atoms. The van der Waals surface area contributed by atoms with Crippen molar-refractivity contribution in [3.05, 3.63) is 0 Å². The third kappa shape index (κ3) is 2.35. The molecule has 2 N–H and O–H groups in total. The van der Waals surface area contributed by atoms with E-state index >= 15 is 0 Å². The number of nitrogens with two attached hydrogens (primary N) is 1. The number of hydrogen-bond donors (Lipinski definition) is 1. The van der Waals surface area contributed by atoms with Crippen molar-refractivity contribution < 1.29 is 4.74 Å². The molecule has 2 fully saturated rings. The summed E-state index contributed by atoms with van der Waals surface area (Å²) in [4.78, 5) is 2.58. The second-order valence-corrected chi connectivity index (χ2v) is 5.57. The van der Waals surface area contributed by atoms with Gasteiger partial charge in [-0.2, -0.15) is 0 Å². The fourth-order valence-corrected chi connectivity index (χ4v) is 3.01. The van der Waals surface area contributed by atoms with Crippen LogP contribution in [0.5, 0.6) is 0 Å². The highest BCUT2D eigenvalue weighted by molar-refractivity contribution is 4.94. The second-order valence-electron chi connectivity index (χ2n) is 5.57. The lowest BCUT2D eigenvalue weighted by Crippen LogP contribution is -2.62. The van der Waals surface area contributed by atoms with Gasteiger partial charge < -0.3 is 10.5 Å². The first-order valence-electron chi connectivity index (χ1n) is 6.21. The van der Waals surface area contributed by atoms with Gasteiger partial charge in [-0.05, 0) is 26.7 Å². The van der Waals surface area contributed by atoms with E-state index < -0.39 is 0 Å². The van der Waals surface area contributed by atoms with Crippen LogP contribution in [0.15, 0.2) is 0 Å². The van der Waals surface area contributed by atoms with Crippen molar-refractivity contribution in [3.8, 4) is 0 Å². The summed E-state index contributed by atoms with van der Waals surface area (Å²) in [6.45, 7) is 7.30. The third-order valence-electron chi connectivity index (χ3n) is 3.89. The van der Waals surface area contributed by atoms with Crippen molar-refractivity contribution in [2.45, 2.75) is 57.2 Å². The summed E-state index contributed by atoms with van der Waals surface area (Å²) in [7, 11) is 0. The summed E-state index contributed by atoms with van der Waals surface area (Å²) in [5.74, 6) is 0. The van der Waals surface area contributed by atoms with Gasteiger partial charge >= 0.3 is 0 Å². The standard InChI is InChI=1S/C12H24N2O/c1-12(2)9-15-8-7-14(12)11-6-4-3-5-10(11)13/h10-11H,3-9,13H2,1-2H3. The predicted octanol–water partition coefficient (Wildman–Crippen LogP) is 1.37. The van der Waals surface area contributed by atoms with E-state index in [1.54, 1.807) is 0 Å². The van der Waals surface area contributed by atoms with E-state index in [4.69, 9.17) is 10.5 Å². The van der Waals surface area contributed by atoms with Gasteiger partial charge in [0.15, 0.2) is 0 Å². The lowest BCUT2D eigenvalue weighted by molar-refractivity contribution is -0.0815. The first-order chi connectivity index (χ1) is 7.11. The van der Waals surface area contributed by atoms with E-state index in [9.17, 15) is 0 Å². The van der Waals surface area contributed by atoms with Crippen LogP contribution in [0.2, 0.25) is 0 Å². The molecule has 1 saturated heterocycles. The molecule has 3 heteroatoms. The Morgan fingerprint density at radius 3 is 2.67 bits per heavy atom. The van der Waals surface area contributed by atoms with Crippen LogP contribution in [-0.4, -0.2) is 42.3 Å². The summed E-state index contributed by atoms with van der Waals surface area (Å²) in [5, 5.41) is 0. The SMILES string of the molecule is CC1(C)COCCN1C1CCCCC1N. The van der Waals surface area contributed by atoms with Gasteiger partial charge in [0.05, 0.1) is 13.2 Å². The second kappa shape index (κ2) is 4.40. The molecule has 0 bridgehead atoms. The van der Waals surface area contributed by atoms with Crippen LogP contribution < -0.4 is 5.73 Å². The molecule has 2 unspecified atom stereocenters. The maximum atomic E-state index is 6.25. The first kappa shape index (κ1) is 11.4. The third-order valence-corrected chi connectivity index (χ3v) is 3.89. The molecule has 2 atom stereocenters. The van der Waals surface area contributed by atoms with Crippen LogP contribution in [0, 0.1) is 0 Å². The molecule has 2 aliphatic rings. The van der Waals surface area contributed by atoms with Crippen LogP contribution in [0.1, 0.15) is 39.5 Å². The van der Waals surface area contributed by atoms with Crippen LogP contribution in [0.4, 0.5) is 0 Å². The van der Waals surface area contributed by atoms with E-state index in [1.807, 2.05) is 0 Å². The summed E-state index contributed by atoms with van der Waals surface area (Å²) in [6.07, 6.45) is 5.11. The number of nitrogens with zero attached hydrogens (tertiary/aromatic N) is 1. The number of morpholine rings is 1. The summed E-state index contributed by atoms with van der Waals surface area (Å²) >= 11 is 0. The zero-order valence-corrected chi connectivity index (χ0v) is 10.0. The van der Waals surface area contributed by atoms with Crippen LogP contribution in [-0.2, 0) is 4.74 Å². The van der Waals surface area contributed by atoms with Crippen LogP contribution >= 0.6 is 0 Å². The van der Waals surface area contributed by atoms with Gasteiger partial charge in [0, 0.05) is 24.2 Å². The van der Waals surface area contributed by atoms with Crippen molar-refractivity contribution in [3.63, 3.8) is 0 Å². The van der Waals surface area contributed by atoms with Crippen molar-refractivity contribution >= 4 is 0 Å². The molecule has 0 radical (unpaired) electrons. The molecule has 0 aromatic rings. The Bertz CT molecular complexity index is 218. The van der Waals surface area contributed by atoms with E-state index in [2.05, 4.69) is 18.7 Å². The van der Waals surface area contributed by atoms with Gasteiger partial charge in [0.2, 0.25) is 0 Å². The van der Waals surface area contributed by atoms with E-state index in [-0.39, 0.29) is 5.54 Å². The smallest absolute Gasteiger partial charge is 0.0645 e. The highest BCUT2D eigenvalue weighted by Crippen LogP contribution is 2.29. The van der Waals surface area contributed by atoms with Gasteiger partial charge in [0.25, 0.3) is 0 Å². The van der Waals surface area contributed by atoms with Crippen molar-refractivity contribution in [1.82, 2.24) is 4.90 Å². The molecule has 3 nitrogen and oxygen atoms in total. The molecule has 1 saturated carbocycles. The fourth-order valence-electron chi connectivity index (χ4n) is 3.01. The van der Waals surface area contributed by atoms with Gasteiger partial charge in [-0.3, -0.25) is 4.90 Å². The lowest BCUT2D eigenvalue weighted by atomic mass is 9.86. The zero-order valence-electron chi connectivity index (χ0n) is 10.0. The molecule has 1 aliphatic heterocycles. The fraction of sp³-hybridized carbons (Fsp3) is 1.00. The highest BCUT2D eigenvalue weighted by Gasteiger charge is 2.38. The Hall–Kier alpha value is -0.120. The maximum Gasteiger partial charge on any atom is 0.0645 e. The summed E-state index contributed by atoms with van der Waals surface area (Å²) in [6, 6.07) is 0.953. The van der Waals surface area contributed by atoms with E-state index in [0.717, 1.165) is 19.8 Å². The minimum absolute atomic E-state index is 0.165. The van der Waals surface area contributed by atoms with Crippen LogP contribution in [0.3, 0.4) is 0 Å². The molecule has 2 rings (SSSR count). The Morgan fingerprint density at radius 1 is 1.27 bits per heavy atom. The molecule has 0 amide bonds. The van der Waals surface area contributed by atoms with Gasteiger partial charge in [0.1, 0.15) is 0 Å². The number of rotatable bonds is 1. The quantitative estimate of drug-likeness (QED) is 0.713. The Labute approximate surface area is 93.0 Å². The van der Waals surface area contributed by atoms with Crippen molar-refractivity contribution in [2.24, 2.45) is 5.73 Å². The van der Waals surface area contributed by atoms with Gasteiger partial charge in [-0.25, -0.2) is 0 Å². The molecular weight excluding hydrogens is 188 g/mol. The zero-order chi connectivity index (χ0) is 10.9. The van der Waals surface area contributed by atoms with Gasteiger partial charge in [-0.1, -0.05) is 12.8 Å². The molecule has 88 valence electrons. The Kier molecular flexibility index (Phi) is 3.33. The largest absolute Gasteiger partial charge is 0.378 e. The monoisotopic (exact) mass is 212 g/mol. The normalized spacial score (nSPS) is 37.8. The molecule has 0 aromatic heterocycles. The Morgan fingerprint density at radius 2 is 2.00 bits per heavy atom. The van der Waals surface area contributed by atoms with E-state index in [1.165, 1.54) is 25.7 Å². The first-order valence-corrected chi connectivity index (χ1v) is 6.21. The summed E-state index contributed by atoms with van der Waals surface area (Å²) < 4.78 is 5.56. The summed E-state index contributed by atoms with van der Waals surface area (Å²) in [5.41, 5.74) is 6.41. The predicted molar refractivity (Wildman–Crippen MR) is 61.8 cm³/mol. The average molecular weight is 212 g/mol. The molecule has 0 aromatic carbocycles. The topological polar surface area (TPSA) is 38.5 Å². The molecular formula is C12H24N2O. The Balaban J connectivity index is 2.06. The average Bonchev–Trinajstić information content (AvgIpc) is 2.19. The van der Waals surface area contributed by atoms with Crippen molar-refractivity contribution in [1.29, 1.82) is 0 Å². The molecule has 0 spiro atoms. The molecule has 1 heterocycles. The lowest BCUT2D eigenvalue weighted by Gasteiger charge is -2.49. The molecule has 1 aliphatic carbocycles. The highest BCUT2D eigenvalue weighted by atomic mass is 16.5. The van der Waals surface area contributed by atoms with Crippen molar-refractivity contribution in [2.75, 3.05) is 19.8 Å². The number of hydrogen-bond acceptors (Lipinski definition) is 3. The minimum Gasteiger partial charge on any atom is -0.378 e. The maximum absolute atomic E-state index is 6.25. The number of ether oxygens (including phenoxy) is 1. The van der Waals surface area contributed by atoms with E-state index in [0.29, 0.717) is 12.1 Å². The minimum atomic E-state index is 0.165.